The summed E-state index contributed by atoms with van der Waals surface area (Å²) in [6.45, 7) is 1.42. The van der Waals surface area contributed by atoms with Crippen molar-refractivity contribution in [3.8, 4) is 0 Å². The number of rotatable bonds is 1. The van der Waals surface area contributed by atoms with Gasteiger partial charge in [0.15, 0.2) is 11.5 Å². The Morgan fingerprint density at radius 2 is 1.75 bits per heavy atom. The molecule has 0 saturated carbocycles. The minimum atomic E-state index is -9.63. The molecule has 0 amide bonds. The Morgan fingerprint density at radius 3 is 2.31 bits per heavy atom. The molecule has 0 aliphatic carbocycles. The third-order valence-corrected chi connectivity index (χ3v) is 3.06. The van der Waals surface area contributed by atoms with Crippen LogP contribution in [0.2, 0.25) is 0 Å². The van der Waals surface area contributed by atoms with Crippen molar-refractivity contribution >= 4 is 21.3 Å². The first kappa shape index (κ1) is 11.2. The number of hydrogen-bond acceptors (Lipinski definition) is 2. The van der Waals surface area contributed by atoms with E-state index in [9.17, 15) is 19.4 Å². The minimum absolute atomic E-state index is 0.114. The van der Waals surface area contributed by atoms with E-state index in [4.69, 9.17) is 4.42 Å². The van der Waals surface area contributed by atoms with Crippen LogP contribution in [-0.4, -0.2) is 4.98 Å². The van der Waals surface area contributed by atoms with Crippen molar-refractivity contribution in [3.63, 3.8) is 0 Å². The summed E-state index contributed by atoms with van der Waals surface area (Å²) in [5, 5.41) is 0. The molecule has 0 fully saturated rings. The van der Waals surface area contributed by atoms with Crippen LogP contribution < -0.4 is 0 Å². The predicted octanol–water partition coefficient (Wildman–Crippen LogP) is 4.79. The molecule has 0 saturated heterocycles. The van der Waals surface area contributed by atoms with Gasteiger partial charge in [-0.1, -0.05) is 19.4 Å². The van der Waals surface area contributed by atoms with Gasteiger partial charge in [-0.05, 0) is 12.1 Å². The van der Waals surface area contributed by atoms with Gasteiger partial charge < -0.3 is 4.42 Å². The van der Waals surface area contributed by atoms with E-state index >= 15 is 0 Å². The zero-order valence-corrected chi connectivity index (χ0v) is 8.70. The van der Waals surface area contributed by atoms with Crippen LogP contribution >= 0.6 is 10.2 Å². The van der Waals surface area contributed by atoms with Gasteiger partial charge in [0.1, 0.15) is 10.4 Å². The number of oxazole rings is 1. The molecule has 1 aromatic heterocycles. The number of benzene rings is 1. The highest BCUT2D eigenvalue weighted by molar-refractivity contribution is 8.45. The molecule has 0 radical (unpaired) electrons. The lowest BCUT2D eigenvalue weighted by molar-refractivity contribution is 0.364. The van der Waals surface area contributed by atoms with Gasteiger partial charge >= 0.3 is 10.2 Å². The molecule has 2 aromatic rings. The molecule has 2 rings (SSSR count). The fourth-order valence-corrected chi connectivity index (χ4v) is 1.92. The number of hydrogen-bond donors (Lipinski definition) is 0. The topological polar surface area (TPSA) is 26.0 Å². The molecule has 0 bridgehead atoms. The van der Waals surface area contributed by atoms with Crippen LogP contribution in [-0.2, 0) is 0 Å². The molecule has 2 nitrogen and oxygen atoms in total. The van der Waals surface area contributed by atoms with Gasteiger partial charge in [0, 0.05) is 13.0 Å². The van der Waals surface area contributed by atoms with Crippen LogP contribution in [0.25, 0.3) is 11.1 Å². The van der Waals surface area contributed by atoms with E-state index in [1.807, 2.05) is 0 Å². The summed E-state index contributed by atoms with van der Waals surface area (Å²) in [6, 6.07) is 1.45. The second-order valence-electron chi connectivity index (χ2n) is 3.33. The van der Waals surface area contributed by atoms with E-state index in [1.54, 1.807) is 0 Å². The SMILES string of the molecule is Cc1nc2ccc(S(F)(F)(F)(F)F)cc2o1. The Kier molecular flexibility index (Phi) is 1.64. The normalized spacial score (nSPS) is 17.1. The molecule has 8 heteroatoms. The third kappa shape index (κ3) is 1.97. The fraction of sp³-hybridized carbons (Fsp3) is 0.125. The Hall–Kier alpha value is -1.31. The summed E-state index contributed by atoms with van der Waals surface area (Å²) < 4.78 is 66.9. The van der Waals surface area contributed by atoms with Crippen molar-refractivity contribution in [3.05, 3.63) is 24.1 Å². The van der Waals surface area contributed by atoms with Crippen LogP contribution in [0, 0.1) is 6.92 Å². The van der Waals surface area contributed by atoms with Gasteiger partial charge in [-0.2, -0.15) is 0 Å². The number of fused-ring (bicyclic) bond motifs is 1. The standard InChI is InChI=1S/C8H6F5NOS/c1-5-14-7-3-2-6(4-8(7)15-5)16(9,10,11,12)13/h2-4H,1H3. The lowest BCUT2D eigenvalue weighted by Gasteiger charge is -2.40. The molecule has 1 aromatic carbocycles. The minimum Gasteiger partial charge on any atom is -0.441 e. The van der Waals surface area contributed by atoms with Gasteiger partial charge in [0.05, 0.1) is 0 Å². The molecule has 90 valence electrons. The van der Waals surface area contributed by atoms with Crippen molar-refractivity contribution < 1.29 is 23.8 Å². The smallest absolute Gasteiger partial charge is 0.310 e. The van der Waals surface area contributed by atoms with Crippen LogP contribution in [0.15, 0.2) is 27.5 Å². The Bertz CT molecular complexity index is 573. The maximum absolute atomic E-state index is 12.4. The van der Waals surface area contributed by atoms with E-state index in [1.165, 1.54) is 6.92 Å². The predicted molar refractivity (Wildman–Crippen MR) is 50.1 cm³/mol. The highest BCUT2D eigenvalue weighted by Crippen LogP contribution is 3.02. The summed E-state index contributed by atoms with van der Waals surface area (Å²) in [7, 11) is -9.63. The van der Waals surface area contributed by atoms with Crippen molar-refractivity contribution in [1.82, 2.24) is 4.98 Å². The monoisotopic (exact) mass is 259 g/mol. The summed E-state index contributed by atoms with van der Waals surface area (Å²) in [6.07, 6.45) is 0. The van der Waals surface area contributed by atoms with Gasteiger partial charge in [0.2, 0.25) is 0 Å². The van der Waals surface area contributed by atoms with Gasteiger partial charge in [-0.15, -0.1) is 0 Å². The van der Waals surface area contributed by atoms with E-state index in [0.717, 1.165) is 6.07 Å². The van der Waals surface area contributed by atoms with E-state index in [0.29, 0.717) is 6.07 Å². The summed E-state index contributed by atoms with van der Waals surface area (Å²) >= 11 is 0. The Morgan fingerprint density at radius 1 is 1.12 bits per heavy atom. The lowest BCUT2D eigenvalue weighted by atomic mass is 10.3. The van der Waals surface area contributed by atoms with Crippen LogP contribution in [0.4, 0.5) is 19.4 Å². The largest absolute Gasteiger partial charge is 0.441 e. The van der Waals surface area contributed by atoms with Crippen LogP contribution in [0.3, 0.4) is 0 Å². The third-order valence-electron chi connectivity index (χ3n) is 1.91. The maximum Gasteiger partial charge on any atom is 0.310 e. The Labute approximate surface area is 86.8 Å². The van der Waals surface area contributed by atoms with E-state index < -0.39 is 15.1 Å². The highest BCUT2D eigenvalue weighted by atomic mass is 32.5. The van der Waals surface area contributed by atoms with Crippen LogP contribution in [0.5, 0.6) is 0 Å². The van der Waals surface area contributed by atoms with Gasteiger partial charge in [0.25, 0.3) is 0 Å². The van der Waals surface area contributed by atoms with Crippen molar-refractivity contribution in [2.45, 2.75) is 11.8 Å². The summed E-state index contributed by atoms with van der Waals surface area (Å²) in [5.74, 6) is 0.120. The molecule has 16 heavy (non-hydrogen) atoms. The lowest BCUT2D eigenvalue weighted by Crippen LogP contribution is -2.05. The molecule has 0 unspecified atom stereocenters. The molecule has 0 N–H and O–H groups in total. The summed E-state index contributed by atoms with van der Waals surface area (Å²) in [4.78, 5) is 1.75. The van der Waals surface area contributed by atoms with E-state index in [-0.39, 0.29) is 23.1 Å². The zero-order chi connectivity index (χ0) is 12.3. The van der Waals surface area contributed by atoms with E-state index in [2.05, 4.69) is 4.98 Å². The first-order valence-corrected chi connectivity index (χ1v) is 6.02. The van der Waals surface area contributed by atoms with Crippen molar-refractivity contribution in [2.24, 2.45) is 0 Å². The number of nitrogens with zero attached hydrogens (tertiary/aromatic N) is 1. The number of aryl methyl sites for hydroxylation is 1. The average Bonchev–Trinajstić information content (AvgIpc) is 2.38. The molecule has 1 heterocycles. The van der Waals surface area contributed by atoms with Gasteiger partial charge in [-0.25, -0.2) is 4.98 Å². The second kappa shape index (κ2) is 2.34. The molecule has 0 aliphatic heterocycles. The Balaban J connectivity index is 2.74. The van der Waals surface area contributed by atoms with Crippen molar-refractivity contribution in [1.29, 1.82) is 0 Å². The summed E-state index contributed by atoms with van der Waals surface area (Å²) in [5.41, 5.74) is -0.189. The molecular weight excluding hydrogens is 253 g/mol. The van der Waals surface area contributed by atoms with Crippen LogP contribution in [0.1, 0.15) is 5.89 Å². The number of aromatic nitrogens is 1. The maximum atomic E-state index is 12.4. The molecular formula is C8H6F5NOS. The quantitative estimate of drug-likeness (QED) is 0.688. The highest BCUT2D eigenvalue weighted by Gasteiger charge is 2.65. The zero-order valence-electron chi connectivity index (χ0n) is 7.89. The molecule has 0 spiro atoms. The first-order chi connectivity index (χ1) is 6.95. The second-order valence-corrected chi connectivity index (χ2v) is 5.74. The van der Waals surface area contributed by atoms with Gasteiger partial charge in [-0.3, -0.25) is 0 Å². The molecule has 0 atom stereocenters. The number of halogens is 5. The first-order valence-electron chi connectivity index (χ1n) is 4.07. The average molecular weight is 259 g/mol. The van der Waals surface area contributed by atoms with Crippen molar-refractivity contribution in [2.75, 3.05) is 0 Å². The fourth-order valence-electron chi connectivity index (χ4n) is 1.26. The molecule has 0 aliphatic rings.